The lowest BCUT2D eigenvalue weighted by Gasteiger charge is -2.08. The van der Waals surface area contributed by atoms with Crippen LogP contribution in [-0.4, -0.2) is 32.9 Å². The monoisotopic (exact) mass is 286 g/mol. The molecule has 0 aliphatic carbocycles. The number of nitrogens with zero attached hydrogens (tertiary/aromatic N) is 2. The van der Waals surface area contributed by atoms with Crippen molar-refractivity contribution in [1.29, 1.82) is 0 Å². The van der Waals surface area contributed by atoms with Crippen molar-refractivity contribution in [3.05, 3.63) is 59.9 Å². The predicted molar refractivity (Wildman–Crippen MR) is 72.9 cm³/mol. The number of aromatic nitrogens is 1. The summed E-state index contributed by atoms with van der Waals surface area (Å²) in [5, 5.41) is 19.9. The molecular formula is C15H14N2O4. The van der Waals surface area contributed by atoms with Gasteiger partial charge in [-0.25, -0.2) is 4.79 Å². The molecule has 3 unspecified atom stereocenters. The van der Waals surface area contributed by atoms with Crippen LogP contribution < -0.4 is 4.74 Å². The van der Waals surface area contributed by atoms with E-state index in [2.05, 4.69) is 4.98 Å². The third-order valence-corrected chi connectivity index (χ3v) is 3.36. The molecule has 0 radical (unpaired) electrons. The van der Waals surface area contributed by atoms with Gasteiger partial charge in [0.05, 0.1) is 17.8 Å². The summed E-state index contributed by atoms with van der Waals surface area (Å²) in [6.07, 6.45) is 1.67. The number of benzene rings is 1. The zero-order chi connectivity index (χ0) is 14.8. The number of para-hydroxylation sites is 1. The van der Waals surface area contributed by atoms with Crippen LogP contribution in [0.25, 0.3) is 0 Å². The van der Waals surface area contributed by atoms with E-state index in [1.807, 2.05) is 30.3 Å². The molecule has 1 aromatic carbocycles. The molecule has 2 heterocycles. The van der Waals surface area contributed by atoms with Gasteiger partial charge in [-0.3, -0.25) is 4.98 Å². The van der Waals surface area contributed by atoms with Gasteiger partial charge in [0.2, 0.25) is 0 Å². The van der Waals surface area contributed by atoms with Gasteiger partial charge >= 0.3 is 5.97 Å². The largest absolute Gasteiger partial charge is 0.482 e. The molecule has 21 heavy (non-hydrogen) atoms. The summed E-state index contributed by atoms with van der Waals surface area (Å²) in [5.41, 5.74) is 1.51. The quantitative estimate of drug-likeness (QED) is 0.818. The van der Waals surface area contributed by atoms with Crippen LogP contribution >= 0.6 is 0 Å². The van der Waals surface area contributed by atoms with E-state index < -0.39 is 12.6 Å². The Hall–Kier alpha value is -2.44. The highest BCUT2D eigenvalue weighted by atomic mass is 16.5. The molecule has 1 aliphatic rings. The average molecular weight is 286 g/mol. The van der Waals surface area contributed by atoms with Gasteiger partial charge in [-0.05, 0) is 18.2 Å². The van der Waals surface area contributed by atoms with E-state index in [0.717, 1.165) is 11.3 Å². The molecule has 6 heteroatoms. The molecule has 0 amide bonds. The third-order valence-electron chi connectivity index (χ3n) is 3.36. The molecule has 6 nitrogen and oxygen atoms in total. The van der Waals surface area contributed by atoms with Gasteiger partial charge in [0.15, 0.2) is 6.61 Å². The Balaban J connectivity index is 1.83. The fourth-order valence-corrected chi connectivity index (χ4v) is 2.38. The first-order valence-corrected chi connectivity index (χ1v) is 6.50. The Morgan fingerprint density at radius 2 is 1.95 bits per heavy atom. The van der Waals surface area contributed by atoms with Crippen molar-refractivity contribution in [2.24, 2.45) is 0 Å². The maximum atomic E-state index is 10.6. The first-order valence-electron chi connectivity index (χ1n) is 6.50. The van der Waals surface area contributed by atoms with Crippen molar-refractivity contribution in [3.8, 4) is 5.75 Å². The van der Waals surface area contributed by atoms with E-state index >= 15 is 0 Å². The number of ether oxygens (including phenoxy) is 1. The third kappa shape index (κ3) is 2.72. The van der Waals surface area contributed by atoms with Crippen LogP contribution in [0.1, 0.15) is 23.3 Å². The number of aliphatic carboxylic acids is 1. The van der Waals surface area contributed by atoms with Crippen molar-refractivity contribution in [2.45, 2.75) is 12.1 Å². The molecule has 0 saturated carbocycles. The molecular weight excluding hydrogens is 272 g/mol. The van der Waals surface area contributed by atoms with E-state index in [9.17, 15) is 10.0 Å². The Morgan fingerprint density at radius 3 is 2.67 bits per heavy atom. The number of hydrogen-bond donors (Lipinski definition) is 2. The maximum Gasteiger partial charge on any atom is 0.341 e. The Morgan fingerprint density at radius 1 is 1.19 bits per heavy atom. The lowest BCUT2D eigenvalue weighted by atomic mass is 10.1. The smallest absolute Gasteiger partial charge is 0.341 e. The van der Waals surface area contributed by atoms with Crippen molar-refractivity contribution in [1.82, 2.24) is 10.0 Å². The summed E-state index contributed by atoms with van der Waals surface area (Å²) >= 11 is 0. The van der Waals surface area contributed by atoms with Crippen LogP contribution in [0, 0.1) is 0 Å². The minimum Gasteiger partial charge on any atom is -0.482 e. The number of hydroxylamine groups is 2. The zero-order valence-corrected chi connectivity index (χ0v) is 11.1. The van der Waals surface area contributed by atoms with Gasteiger partial charge < -0.3 is 15.1 Å². The highest BCUT2D eigenvalue weighted by molar-refractivity contribution is 5.68. The van der Waals surface area contributed by atoms with E-state index in [4.69, 9.17) is 9.84 Å². The summed E-state index contributed by atoms with van der Waals surface area (Å²) in [7, 11) is 0. The molecule has 2 aromatic rings. The van der Waals surface area contributed by atoms with Crippen molar-refractivity contribution < 1.29 is 19.8 Å². The van der Waals surface area contributed by atoms with E-state index in [-0.39, 0.29) is 12.1 Å². The second-order valence-electron chi connectivity index (χ2n) is 4.74. The first kappa shape index (κ1) is 13.5. The average Bonchev–Trinajstić information content (AvgIpc) is 3.17. The van der Waals surface area contributed by atoms with Crippen molar-refractivity contribution in [3.63, 3.8) is 0 Å². The summed E-state index contributed by atoms with van der Waals surface area (Å²) in [6.45, 7) is -0.413. The van der Waals surface area contributed by atoms with Crippen LogP contribution in [-0.2, 0) is 4.79 Å². The fourth-order valence-electron chi connectivity index (χ4n) is 2.38. The Kier molecular flexibility index (Phi) is 3.55. The lowest BCUT2D eigenvalue weighted by Crippen LogP contribution is -2.10. The highest BCUT2D eigenvalue weighted by Gasteiger charge is 2.51. The molecule has 0 bridgehead atoms. The molecule has 3 atom stereocenters. The SMILES string of the molecule is O=C(O)COc1ccccc1C1C(c2ccccn2)N1O. The molecule has 1 aliphatic heterocycles. The van der Waals surface area contributed by atoms with Gasteiger partial charge in [-0.1, -0.05) is 24.3 Å². The summed E-state index contributed by atoms with van der Waals surface area (Å²) in [6, 6.07) is 12.1. The summed E-state index contributed by atoms with van der Waals surface area (Å²) in [5.74, 6) is -0.579. The Labute approximate surface area is 121 Å². The normalized spacial score (nSPS) is 23.6. The fraction of sp³-hybridized carbons (Fsp3) is 0.200. The lowest BCUT2D eigenvalue weighted by molar-refractivity contribution is -0.139. The highest BCUT2D eigenvalue weighted by Crippen LogP contribution is 2.54. The molecule has 0 spiro atoms. The second kappa shape index (κ2) is 5.51. The van der Waals surface area contributed by atoms with Crippen LogP contribution in [0.4, 0.5) is 0 Å². The van der Waals surface area contributed by atoms with Crippen LogP contribution in [0.15, 0.2) is 48.7 Å². The zero-order valence-electron chi connectivity index (χ0n) is 11.1. The van der Waals surface area contributed by atoms with Gasteiger partial charge in [0.25, 0.3) is 0 Å². The molecule has 3 rings (SSSR count). The van der Waals surface area contributed by atoms with Gasteiger partial charge in [0.1, 0.15) is 5.75 Å². The summed E-state index contributed by atoms with van der Waals surface area (Å²) in [4.78, 5) is 14.9. The van der Waals surface area contributed by atoms with Crippen LogP contribution in [0.5, 0.6) is 5.75 Å². The predicted octanol–water partition coefficient (Wildman–Crippen LogP) is 2.03. The topological polar surface area (TPSA) is 82.7 Å². The van der Waals surface area contributed by atoms with E-state index in [0.29, 0.717) is 5.75 Å². The van der Waals surface area contributed by atoms with Crippen molar-refractivity contribution >= 4 is 5.97 Å². The van der Waals surface area contributed by atoms with E-state index in [1.165, 1.54) is 5.06 Å². The van der Waals surface area contributed by atoms with Crippen molar-refractivity contribution in [2.75, 3.05) is 6.61 Å². The Bertz CT molecular complexity index is 647. The standard InChI is InChI=1S/C15H14N2O4/c18-13(19)9-21-12-7-2-1-5-10(12)14-15(17(14)20)11-6-3-4-8-16-11/h1-8,14-15,20H,9H2,(H,18,19). The number of carboxylic acid groups (broad SMARTS) is 1. The molecule has 2 N–H and O–H groups in total. The number of pyridine rings is 1. The van der Waals surface area contributed by atoms with Crippen LogP contribution in [0.3, 0.4) is 0 Å². The number of hydrogen-bond acceptors (Lipinski definition) is 5. The molecule has 1 aromatic heterocycles. The number of carbonyl (C=O) groups is 1. The van der Waals surface area contributed by atoms with Gasteiger partial charge in [0, 0.05) is 11.8 Å². The number of rotatable bonds is 5. The minimum atomic E-state index is -1.04. The maximum absolute atomic E-state index is 10.6. The first-order chi connectivity index (χ1) is 10.2. The summed E-state index contributed by atoms with van der Waals surface area (Å²) < 4.78 is 5.27. The second-order valence-corrected chi connectivity index (χ2v) is 4.74. The van der Waals surface area contributed by atoms with Gasteiger partial charge in [-0.2, -0.15) is 5.06 Å². The molecule has 1 fully saturated rings. The molecule has 1 saturated heterocycles. The number of carboxylic acids is 1. The minimum absolute atomic E-state index is 0.235. The van der Waals surface area contributed by atoms with E-state index in [1.54, 1.807) is 18.3 Å². The van der Waals surface area contributed by atoms with Gasteiger partial charge in [-0.15, -0.1) is 0 Å². The van der Waals surface area contributed by atoms with Crippen LogP contribution in [0.2, 0.25) is 0 Å². The molecule has 108 valence electrons.